The molecule has 0 atom stereocenters. The van der Waals surface area contributed by atoms with Crippen LogP contribution < -0.4 is 11.2 Å². The number of rotatable bonds is 3. The van der Waals surface area contributed by atoms with Crippen LogP contribution in [0.25, 0.3) is 16.6 Å². The Balaban J connectivity index is 1.91. The van der Waals surface area contributed by atoms with E-state index in [0.717, 1.165) is 5.56 Å². The number of aryl methyl sites for hydroxylation is 1. The Morgan fingerprint density at radius 2 is 1.72 bits per heavy atom. The lowest BCUT2D eigenvalue weighted by Crippen LogP contribution is -2.29. The van der Waals surface area contributed by atoms with Gasteiger partial charge >= 0.3 is 5.69 Å². The Kier molecular flexibility index (Phi) is 5.25. The van der Waals surface area contributed by atoms with Gasteiger partial charge in [-0.15, -0.1) is 0 Å². The van der Waals surface area contributed by atoms with Gasteiger partial charge in [-0.05, 0) is 55.0 Å². The molecule has 3 aromatic carbocycles. The monoisotopic (exact) mass is 446 g/mol. The maximum absolute atomic E-state index is 14.2. The highest BCUT2D eigenvalue weighted by molar-refractivity contribution is 7.99. The standard InChI is InChI=1S/C21H13Cl2FN2O2S/c1-11-5-8-18(16(24)9-11)29-12-6-7-17-13(10-12)20(27)25-21(28)26(17)19-14(22)3-2-4-15(19)23/h2-10H,1H3,(H,25,27,28). The molecule has 1 aromatic heterocycles. The number of halogens is 3. The Morgan fingerprint density at radius 1 is 1.00 bits per heavy atom. The van der Waals surface area contributed by atoms with Gasteiger partial charge in [-0.3, -0.25) is 14.3 Å². The summed E-state index contributed by atoms with van der Waals surface area (Å²) in [4.78, 5) is 28.4. The number of benzene rings is 3. The van der Waals surface area contributed by atoms with Crippen LogP contribution in [0, 0.1) is 12.7 Å². The molecule has 1 heterocycles. The van der Waals surface area contributed by atoms with Crippen molar-refractivity contribution >= 4 is 45.9 Å². The van der Waals surface area contributed by atoms with E-state index >= 15 is 0 Å². The molecule has 0 amide bonds. The molecule has 0 spiro atoms. The number of hydrogen-bond donors (Lipinski definition) is 1. The van der Waals surface area contributed by atoms with Crippen LogP contribution in [0.3, 0.4) is 0 Å². The maximum atomic E-state index is 14.2. The van der Waals surface area contributed by atoms with Crippen LogP contribution in [0.4, 0.5) is 4.39 Å². The van der Waals surface area contributed by atoms with Crippen molar-refractivity contribution in [1.82, 2.24) is 9.55 Å². The summed E-state index contributed by atoms with van der Waals surface area (Å²) >= 11 is 13.7. The molecule has 0 aliphatic carbocycles. The van der Waals surface area contributed by atoms with Gasteiger partial charge in [-0.25, -0.2) is 9.18 Å². The summed E-state index contributed by atoms with van der Waals surface area (Å²) in [5.74, 6) is -0.336. The third-order valence-electron chi connectivity index (χ3n) is 4.35. The molecule has 0 bridgehead atoms. The first-order valence-corrected chi connectivity index (χ1v) is 10.1. The highest BCUT2D eigenvalue weighted by atomic mass is 35.5. The van der Waals surface area contributed by atoms with Crippen LogP contribution in [0.5, 0.6) is 0 Å². The average molecular weight is 447 g/mol. The van der Waals surface area contributed by atoms with Crippen molar-refractivity contribution in [1.29, 1.82) is 0 Å². The Morgan fingerprint density at radius 3 is 2.41 bits per heavy atom. The molecule has 1 N–H and O–H groups in total. The number of H-pyrrole nitrogens is 1. The molecule has 0 radical (unpaired) electrons. The summed E-state index contributed by atoms with van der Waals surface area (Å²) in [6.07, 6.45) is 0. The van der Waals surface area contributed by atoms with Gasteiger partial charge in [0, 0.05) is 9.79 Å². The summed E-state index contributed by atoms with van der Waals surface area (Å²) in [6.45, 7) is 1.81. The second-order valence-corrected chi connectivity index (χ2v) is 8.31. The lowest BCUT2D eigenvalue weighted by molar-refractivity contribution is 0.600. The first-order chi connectivity index (χ1) is 13.8. The van der Waals surface area contributed by atoms with E-state index in [1.165, 1.54) is 22.4 Å². The van der Waals surface area contributed by atoms with E-state index in [2.05, 4.69) is 4.98 Å². The third kappa shape index (κ3) is 3.71. The smallest absolute Gasteiger partial charge is 0.273 e. The largest absolute Gasteiger partial charge is 0.333 e. The lowest BCUT2D eigenvalue weighted by atomic mass is 10.2. The Bertz CT molecular complexity index is 1360. The maximum Gasteiger partial charge on any atom is 0.333 e. The lowest BCUT2D eigenvalue weighted by Gasteiger charge is -2.13. The number of fused-ring (bicyclic) bond motifs is 1. The molecule has 0 aliphatic rings. The van der Waals surface area contributed by atoms with E-state index in [1.54, 1.807) is 42.5 Å². The minimum Gasteiger partial charge on any atom is -0.273 e. The summed E-state index contributed by atoms with van der Waals surface area (Å²) in [5.41, 5.74) is 0.260. The third-order valence-corrected chi connectivity index (χ3v) is 6.00. The van der Waals surface area contributed by atoms with E-state index in [-0.39, 0.29) is 26.9 Å². The van der Waals surface area contributed by atoms with E-state index in [0.29, 0.717) is 15.3 Å². The molecule has 0 aliphatic heterocycles. The molecule has 4 aromatic rings. The molecule has 0 saturated carbocycles. The second kappa shape index (κ2) is 7.71. The van der Waals surface area contributed by atoms with Crippen molar-refractivity contribution in [3.63, 3.8) is 0 Å². The van der Waals surface area contributed by atoms with Crippen molar-refractivity contribution in [2.45, 2.75) is 16.7 Å². The van der Waals surface area contributed by atoms with Gasteiger partial charge in [-0.1, -0.05) is 47.1 Å². The fraction of sp³-hybridized carbons (Fsp3) is 0.0476. The molecule has 29 heavy (non-hydrogen) atoms. The summed E-state index contributed by atoms with van der Waals surface area (Å²) in [6, 6.07) is 14.8. The summed E-state index contributed by atoms with van der Waals surface area (Å²) < 4.78 is 15.5. The molecule has 0 saturated heterocycles. The molecular weight excluding hydrogens is 434 g/mol. The first kappa shape index (κ1) is 19.8. The fourth-order valence-corrected chi connectivity index (χ4v) is 4.45. The van der Waals surface area contributed by atoms with Gasteiger partial charge in [0.25, 0.3) is 5.56 Å². The van der Waals surface area contributed by atoms with Crippen LogP contribution >= 0.6 is 35.0 Å². The Labute approximate surface area is 178 Å². The quantitative estimate of drug-likeness (QED) is 0.446. The zero-order valence-electron chi connectivity index (χ0n) is 15.0. The molecule has 4 nitrogen and oxygen atoms in total. The van der Waals surface area contributed by atoms with Gasteiger partial charge in [0.15, 0.2) is 0 Å². The predicted octanol–water partition coefficient (Wildman–Crippen LogP) is 5.58. The normalized spacial score (nSPS) is 11.2. The van der Waals surface area contributed by atoms with Gasteiger partial charge in [-0.2, -0.15) is 0 Å². The first-order valence-electron chi connectivity index (χ1n) is 8.52. The van der Waals surface area contributed by atoms with Crippen molar-refractivity contribution in [3.8, 4) is 5.69 Å². The minimum absolute atomic E-state index is 0.262. The van der Waals surface area contributed by atoms with Crippen molar-refractivity contribution in [3.05, 3.63) is 96.9 Å². The summed E-state index contributed by atoms with van der Waals surface area (Å²) in [5, 5.41) is 0.805. The number of aromatic nitrogens is 2. The minimum atomic E-state index is -0.650. The van der Waals surface area contributed by atoms with Crippen LogP contribution in [0.2, 0.25) is 10.0 Å². The highest BCUT2D eigenvalue weighted by Gasteiger charge is 2.16. The fourth-order valence-electron chi connectivity index (χ4n) is 3.03. The Hall–Kier alpha value is -2.54. The average Bonchev–Trinajstić information content (AvgIpc) is 2.66. The van der Waals surface area contributed by atoms with Crippen molar-refractivity contribution < 1.29 is 4.39 Å². The number of nitrogens with one attached hydrogen (secondary N) is 1. The van der Waals surface area contributed by atoms with Crippen LogP contribution in [0.15, 0.2) is 74.0 Å². The molecule has 8 heteroatoms. The molecule has 0 fully saturated rings. The highest BCUT2D eigenvalue weighted by Crippen LogP contribution is 2.33. The number of nitrogens with zero attached hydrogens (tertiary/aromatic N) is 1. The number of para-hydroxylation sites is 1. The second-order valence-electron chi connectivity index (χ2n) is 6.38. The van der Waals surface area contributed by atoms with Gasteiger partial charge in [0.05, 0.1) is 26.6 Å². The number of hydrogen-bond acceptors (Lipinski definition) is 3. The van der Waals surface area contributed by atoms with Gasteiger partial charge in [0.2, 0.25) is 0 Å². The predicted molar refractivity (Wildman–Crippen MR) is 115 cm³/mol. The van der Waals surface area contributed by atoms with E-state index in [1.807, 2.05) is 13.0 Å². The SMILES string of the molecule is Cc1ccc(Sc2ccc3c(c2)c(=O)[nH]c(=O)n3-c2c(Cl)cccc2Cl)c(F)c1. The van der Waals surface area contributed by atoms with E-state index in [4.69, 9.17) is 23.2 Å². The zero-order chi connectivity index (χ0) is 20.7. The van der Waals surface area contributed by atoms with Crippen LogP contribution in [-0.2, 0) is 0 Å². The van der Waals surface area contributed by atoms with Crippen molar-refractivity contribution in [2.75, 3.05) is 0 Å². The summed E-state index contributed by atoms with van der Waals surface area (Å²) in [7, 11) is 0. The van der Waals surface area contributed by atoms with Crippen LogP contribution in [-0.4, -0.2) is 9.55 Å². The zero-order valence-corrected chi connectivity index (χ0v) is 17.3. The molecular formula is C21H13Cl2FN2O2S. The van der Waals surface area contributed by atoms with Gasteiger partial charge < -0.3 is 0 Å². The molecule has 4 rings (SSSR count). The molecule has 0 unspecified atom stereocenters. The number of aromatic amines is 1. The van der Waals surface area contributed by atoms with Gasteiger partial charge in [0.1, 0.15) is 5.82 Å². The van der Waals surface area contributed by atoms with Crippen LogP contribution in [0.1, 0.15) is 5.56 Å². The topological polar surface area (TPSA) is 54.9 Å². The van der Waals surface area contributed by atoms with E-state index in [9.17, 15) is 14.0 Å². The van der Waals surface area contributed by atoms with Crippen molar-refractivity contribution in [2.24, 2.45) is 0 Å². The molecule has 146 valence electrons. The van der Waals surface area contributed by atoms with E-state index < -0.39 is 11.2 Å².